The second kappa shape index (κ2) is 5.85. The number of nitrogens with one attached hydrogen (secondary N) is 1. The van der Waals surface area contributed by atoms with Gasteiger partial charge in [-0.3, -0.25) is 4.79 Å². The molecular weight excluding hydrogens is 210 g/mol. The summed E-state index contributed by atoms with van der Waals surface area (Å²) >= 11 is 0. The Kier molecular flexibility index (Phi) is 4.73. The van der Waals surface area contributed by atoms with Crippen molar-refractivity contribution in [2.75, 3.05) is 5.32 Å². The van der Waals surface area contributed by atoms with E-state index in [1.54, 1.807) is 0 Å². The van der Waals surface area contributed by atoms with E-state index in [1.807, 2.05) is 32.9 Å². The molecule has 2 heteroatoms. The Morgan fingerprint density at radius 1 is 1.18 bits per heavy atom. The van der Waals surface area contributed by atoms with Crippen LogP contribution in [0.2, 0.25) is 0 Å². The third kappa shape index (κ3) is 4.59. The van der Waals surface area contributed by atoms with Crippen LogP contribution in [-0.2, 0) is 11.2 Å². The molecule has 0 saturated carbocycles. The second-order valence-electron chi connectivity index (χ2n) is 5.50. The average molecular weight is 233 g/mol. The zero-order valence-corrected chi connectivity index (χ0v) is 11.3. The van der Waals surface area contributed by atoms with Crippen molar-refractivity contribution in [3.63, 3.8) is 0 Å². The number of anilines is 1. The van der Waals surface area contributed by atoms with Crippen LogP contribution in [0, 0.1) is 5.41 Å². The van der Waals surface area contributed by atoms with Gasteiger partial charge in [-0.05, 0) is 30.5 Å². The molecular formula is C15H23NO. The Bertz CT molecular complexity index is 360. The number of rotatable bonds is 4. The lowest BCUT2D eigenvalue weighted by molar-refractivity contribution is -0.123. The molecule has 0 radical (unpaired) electrons. The molecule has 94 valence electrons. The van der Waals surface area contributed by atoms with Gasteiger partial charge in [0.2, 0.25) is 5.91 Å². The molecule has 0 spiro atoms. The van der Waals surface area contributed by atoms with Gasteiger partial charge in [0, 0.05) is 11.1 Å². The first-order valence-electron chi connectivity index (χ1n) is 6.34. The summed E-state index contributed by atoms with van der Waals surface area (Å²) in [6, 6.07) is 8.14. The molecule has 1 rings (SSSR count). The molecule has 0 aliphatic heterocycles. The number of aryl methyl sites for hydroxylation is 1. The van der Waals surface area contributed by atoms with E-state index < -0.39 is 0 Å². The number of carbonyl (C=O) groups is 1. The molecule has 0 heterocycles. The first-order valence-corrected chi connectivity index (χ1v) is 6.34. The number of hydrogen-bond acceptors (Lipinski definition) is 1. The molecule has 0 saturated heterocycles. The first kappa shape index (κ1) is 13.8. The third-order valence-corrected chi connectivity index (χ3v) is 2.71. The molecule has 0 aliphatic rings. The summed E-state index contributed by atoms with van der Waals surface area (Å²) < 4.78 is 0. The van der Waals surface area contributed by atoms with Gasteiger partial charge in [-0.1, -0.05) is 46.2 Å². The van der Waals surface area contributed by atoms with Gasteiger partial charge in [0.05, 0.1) is 0 Å². The number of benzene rings is 1. The van der Waals surface area contributed by atoms with Crippen LogP contribution >= 0.6 is 0 Å². The minimum absolute atomic E-state index is 0.0545. The van der Waals surface area contributed by atoms with Crippen molar-refractivity contribution in [2.24, 2.45) is 5.41 Å². The van der Waals surface area contributed by atoms with E-state index in [-0.39, 0.29) is 11.3 Å². The van der Waals surface area contributed by atoms with E-state index in [9.17, 15) is 4.79 Å². The van der Waals surface area contributed by atoms with E-state index in [0.29, 0.717) is 0 Å². The predicted molar refractivity (Wildman–Crippen MR) is 73.1 cm³/mol. The maximum absolute atomic E-state index is 11.8. The average Bonchev–Trinajstić information content (AvgIpc) is 2.27. The van der Waals surface area contributed by atoms with E-state index in [2.05, 4.69) is 24.4 Å². The van der Waals surface area contributed by atoms with Crippen molar-refractivity contribution >= 4 is 11.6 Å². The van der Waals surface area contributed by atoms with Crippen LogP contribution in [0.3, 0.4) is 0 Å². The molecule has 0 unspecified atom stereocenters. The van der Waals surface area contributed by atoms with Crippen molar-refractivity contribution < 1.29 is 4.79 Å². The minimum Gasteiger partial charge on any atom is -0.326 e. The Morgan fingerprint density at radius 3 is 2.24 bits per heavy atom. The Hall–Kier alpha value is -1.31. The summed E-state index contributed by atoms with van der Waals surface area (Å²) in [5.74, 6) is 0.0545. The van der Waals surface area contributed by atoms with Gasteiger partial charge >= 0.3 is 0 Å². The highest BCUT2D eigenvalue weighted by atomic mass is 16.2. The van der Waals surface area contributed by atoms with Gasteiger partial charge in [0.25, 0.3) is 0 Å². The van der Waals surface area contributed by atoms with Crippen LogP contribution in [0.5, 0.6) is 0 Å². The maximum atomic E-state index is 11.8. The number of hydrogen-bond donors (Lipinski definition) is 1. The highest BCUT2D eigenvalue weighted by molar-refractivity contribution is 5.94. The fourth-order valence-corrected chi connectivity index (χ4v) is 1.45. The molecule has 0 atom stereocenters. The highest BCUT2D eigenvalue weighted by Gasteiger charge is 2.20. The fourth-order valence-electron chi connectivity index (χ4n) is 1.45. The van der Waals surface area contributed by atoms with E-state index in [4.69, 9.17) is 0 Å². The second-order valence-corrected chi connectivity index (χ2v) is 5.50. The summed E-state index contributed by atoms with van der Waals surface area (Å²) in [6.07, 6.45) is 3.54. The molecule has 1 amide bonds. The standard InChI is InChI=1S/C15H23NO/c1-5-6-7-12-8-10-13(11-9-12)16-14(17)15(2,3)4/h8-11H,5-7H2,1-4H3,(H,16,17). The largest absolute Gasteiger partial charge is 0.326 e. The van der Waals surface area contributed by atoms with Gasteiger partial charge in [0.15, 0.2) is 0 Å². The maximum Gasteiger partial charge on any atom is 0.229 e. The number of amides is 1. The quantitative estimate of drug-likeness (QED) is 0.836. The summed E-state index contributed by atoms with van der Waals surface area (Å²) in [5, 5.41) is 2.93. The van der Waals surface area contributed by atoms with E-state index in [1.165, 1.54) is 18.4 Å². The minimum atomic E-state index is -0.346. The lowest BCUT2D eigenvalue weighted by atomic mass is 9.95. The molecule has 0 aliphatic carbocycles. The Labute approximate surface area is 104 Å². The third-order valence-electron chi connectivity index (χ3n) is 2.71. The first-order chi connectivity index (χ1) is 7.93. The SMILES string of the molecule is CCCCc1ccc(NC(=O)C(C)(C)C)cc1. The van der Waals surface area contributed by atoms with E-state index >= 15 is 0 Å². The predicted octanol–water partition coefficient (Wildman–Crippen LogP) is 4.01. The Balaban J connectivity index is 2.59. The van der Waals surface area contributed by atoms with Crippen molar-refractivity contribution in [3.05, 3.63) is 29.8 Å². The zero-order valence-electron chi connectivity index (χ0n) is 11.3. The van der Waals surface area contributed by atoms with Crippen molar-refractivity contribution in [2.45, 2.75) is 47.0 Å². The van der Waals surface area contributed by atoms with Crippen LogP contribution in [0.25, 0.3) is 0 Å². The summed E-state index contributed by atoms with van der Waals surface area (Å²) in [7, 11) is 0. The molecule has 1 aromatic carbocycles. The van der Waals surface area contributed by atoms with E-state index in [0.717, 1.165) is 12.1 Å². The van der Waals surface area contributed by atoms with Crippen LogP contribution < -0.4 is 5.32 Å². The Morgan fingerprint density at radius 2 is 1.76 bits per heavy atom. The lowest BCUT2D eigenvalue weighted by Crippen LogP contribution is -2.27. The molecule has 2 nitrogen and oxygen atoms in total. The number of carbonyl (C=O) groups excluding carboxylic acids is 1. The molecule has 17 heavy (non-hydrogen) atoms. The van der Waals surface area contributed by atoms with Gasteiger partial charge in [0.1, 0.15) is 0 Å². The zero-order chi connectivity index (χ0) is 12.9. The van der Waals surface area contributed by atoms with Gasteiger partial charge < -0.3 is 5.32 Å². The highest BCUT2D eigenvalue weighted by Crippen LogP contribution is 2.18. The van der Waals surface area contributed by atoms with Crippen LogP contribution in [0.1, 0.15) is 46.1 Å². The van der Waals surface area contributed by atoms with Gasteiger partial charge in [-0.2, -0.15) is 0 Å². The smallest absolute Gasteiger partial charge is 0.229 e. The summed E-state index contributed by atoms with van der Waals surface area (Å²) in [5.41, 5.74) is 1.87. The molecule has 0 aromatic heterocycles. The normalized spacial score (nSPS) is 11.3. The molecule has 0 fully saturated rings. The number of unbranched alkanes of at least 4 members (excludes halogenated alkanes) is 1. The monoisotopic (exact) mass is 233 g/mol. The summed E-state index contributed by atoms with van der Waals surface area (Å²) in [6.45, 7) is 7.94. The van der Waals surface area contributed by atoms with Crippen molar-refractivity contribution in [1.82, 2.24) is 0 Å². The van der Waals surface area contributed by atoms with Crippen molar-refractivity contribution in [1.29, 1.82) is 0 Å². The van der Waals surface area contributed by atoms with Crippen LogP contribution in [-0.4, -0.2) is 5.91 Å². The van der Waals surface area contributed by atoms with Crippen LogP contribution in [0.15, 0.2) is 24.3 Å². The van der Waals surface area contributed by atoms with Crippen LogP contribution in [0.4, 0.5) is 5.69 Å². The van der Waals surface area contributed by atoms with Gasteiger partial charge in [-0.15, -0.1) is 0 Å². The van der Waals surface area contributed by atoms with Gasteiger partial charge in [-0.25, -0.2) is 0 Å². The molecule has 1 N–H and O–H groups in total. The molecule has 0 bridgehead atoms. The topological polar surface area (TPSA) is 29.1 Å². The fraction of sp³-hybridized carbons (Fsp3) is 0.533. The van der Waals surface area contributed by atoms with Crippen molar-refractivity contribution in [3.8, 4) is 0 Å². The molecule has 1 aromatic rings. The summed E-state index contributed by atoms with van der Waals surface area (Å²) in [4.78, 5) is 11.8. The lowest BCUT2D eigenvalue weighted by Gasteiger charge is -2.17.